The number of nitrogens with two attached hydrogens (primary N) is 1. The molecule has 130 valence electrons. The van der Waals surface area contributed by atoms with E-state index in [0.29, 0.717) is 28.1 Å². The predicted octanol–water partition coefficient (Wildman–Crippen LogP) is 4.17. The molecular weight excluding hydrogens is 343 g/mol. The first-order chi connectivity index (χ1) is 11.8. The molecule has 0 fully saturated rings. The molecule has 2 aromatic carbocycles. The zero-order chi connectivity index (χ0) is 18.2. The van der Waals surface area contributed by atoms with Crippen LogP contribution in [0, 0.1) is 5.82 Å². The van der Waals surface area contributed by atoms with E-state index in [2.05, 4.69) is 10.2 Å². The molecule has 3 rings (SSSR count). The summed E-state index contributed by atoms with van der Waals surface area (Å²) in [5, 5.41) is 9.01. The van der Waals surface area contributed by atoms with E-state index in [-0.39, 0.29) is 5.82 Å². The topological polar surface area (TPSA) is 66.0 Å². The summed E-state index contributed by atoms with van der Waals surface area (Å²) in [5.41, 5.74) is 6.27. The molecular formula is C18H18ClFN4O. The van der Waals surface area contributed by atoms with Crippen molar-refractivity contribution in [2.75, 3.05) is 5.73 Å². The third-order valence-corrected chi connectivity index (χ3v) is 4.15. The van der Waals surface area contributed by atoms with Crippen molar-refractivity contribution in [3.63, 3.8) is 0 Å². The van der Waals surface area contributed by atoms with Crippen molar-refractivity contribution in [3.05, 3.63) is 59.1 Å². The van der Waals surface area contributed by atoms with Gasteiger partial charge in [-0.25, -0.2) is 4.39 Å². The van der Waals surface area contributed by atoms with Gasteiger partial charge in [-0.15, -0.1) is 10.2 Å². The molecule has 0 amide bonds. The van der Waals surface area contributed by atoms with Crippen molar-refractivity contribution in [1.82, 2.24) is 14.8 Å². The molecule has 0 saturated carbocycles. The van der Waals surface area contributed by atoms with Crippen molar-refractivity contribution in [3.8, 4) is 17.1 Å². The van der Waals surface area contributed by atoms with Gasteiger partial charge in [0.25, 0.3) is 0 Å². The maximum Gasteiger partial charge on any atom is 0.176 e. The molecule has 0 saturated heterocycles. The number of benzene rings is 2. The highest BCUT2D eigenvalue weighted by Gasteiger charge is 2.30. The first-order valence-electron chi connectivity index (χ1n) is 7.68. The van der Waals surface area contributed by atoms with E-state index in [1.54, 1.807) is 30.3 Å². The first-order valence-corrected chi connectivity index (χ1v) is 8.05. The second-order valence-electron chi connectivity index (χ2n) is 6.21. The Morgan fingerprint density at radius 2 is 1.80 bits per heavy atom. The summed E-state index contributed by atoms with van der Waals surface area (Å²) in [6.45, 7) is 3.74. The van der Waals surface area contributed by atoms with Crippen molar-refractivity contribution in [2.45, 2.75) is 19.4 Å². The maximum atomic E-state index is 13.1. The fourth-order valence-corrected chi connectivity index (χ4v) is 2.92. The van der Waals surface area contributed by atoms with Gasteiger partial charge in [-0.2, -0.15) is 0 Å². The van der Waals surface area contributed by atoms with E-state index >= 15 is 0 Å². The van der Waals surface area contributed by atoms with E-state index in [9.17, 15) is 4.39 Å². The van der Waals surface area contributed by atoms with Gasteiger partial charge in [0, 0.05) is 18.3 Å². The van der Waals surface area contributed by atoms with Gasteiger partial charge >= 0.3 is 0 Å². The molecule has 0 radical (unpaired) electrons. The third-order valence-electron chi connectivity index (χ3n) is 3.83. The van der Waals surface area contributed by atoms with Gasteiger partial charge < -0.3 is 15.0 Å². The van der Waals surface area contributed by atoms with Gasteiger partial charge in [-0.3, -0.25) is 0 Å². The summed E-state index contributed by atoms with van der Waals surface area (Å²) < 4.78 is 20.9. The third kappa shape index (κ3) is 3.44. The number of rotatable bonds is 4. The van der Waals surface area contributed by atoms with Crippen LogP contribution in [0.15, 0.2) is 42.5 Å². The molecule has 0 aliphatic heterocycles. The molecule has 0 aliphatic carbocycles. The summed E-state index contributed by atoms with van der Waals surface area (Å²) in [4.78, 5) is 0. The first kappa shape index (κ1) is 17.2. The lowest BCUT2D eigenvalue weighted by atomic mass is 10.1. The van der Waals surface area contributed by atoms with Crippen LogP contribution in [0.3, 0.4) is 0 Å². The number of hydrogen-bond acceptors (Lipinski definition) is 4. The Morgan fingerprint density at radius 1 is 1.12 bits per heavy atom. The Bertz CT molecular complexity index is 906. The van der Waals surface area contributed by atoms with Crippen molar-refractivity contribution in [1.29, 1.82) is 0 Å². The lowest BCUT2D eigenvalue weighted by molar-refractivity contribution is 0.0949. The van der Waals surface area contributed by atoms with Crippen LogP contribution in [0.25, 0.3) is 11.4 Å². The van der Waals surface area contributed by atoms with Crippen LogP contribution < -0.4 is 10.5 Å². The molecule has 25 heavy (non-hydrogen) atoms. The molecule has 0 unspecified atom stereocenters. The average molecular weight is 361 g/mol. The predicted molar refractivity (Wildman–Crippen MR) is 95.9 cm³/mol. The molecule has 3 aromatic rings. The molecule has 1 aromatic heterocycles. The van der Waals surface area contributed by atoms with Crippen LogP contribution in [0.2, 0.25) is 5.02 Å². The Morgan fingerprint density at radius 3 is 2.44 bits per heavy atom. The Balaban J connectivity index is 1.95. The van der Waals surface area contributed by atoms with Crippen molar-refractivity contribution < 1.29 is 9.13 Å². The minimum atomic E-state index is -0.780. The molecule has 0 bridgehead atoms. The minimum Gasteiger partial charge on any atom is -0.480 e. The Labute approximate surface area is 150 Å². The fraction of sp³-hybridized carbons (Fsp3) is 0.222. The summed E-state index contributed by atoms with van der Waals surface area (Å²) in [5.74, 6) is 1.45. The number of aromatic nitrogens is 3. The summed E-state index contributed by atoms with van der Waals surface area (Å²) in [7, 11) is 1.84. The van der Waals surface area contributed by atoms with Gasteiger partial charge in [0.1, 0.15) is 11.6 Å². The normalized spacial score (nSPS) is 11.6. The van der Waals surface area contributed by atoms with E-state index in [1.807, 2.05) is 25.5 Å². The molecule has 2 N–H and O–H groups in total. The lowest BCUT2D eigenvalue weighted by Crippen LogP contribution is -2.29. The number of anilines is 1. The number of ether oxygens (including phenoxy) is 1. The van der Waals surface area contributed by atoms with Gasteiger partial charge in [-0.1, -0.05) is 11.6 Å². The fourth-order valence-electron chi connectivity index (χ4n) is 2.64. The molecule has 0 aliphatic rings. The summed E-state index contributed by atoms with van der Waals surface area (Å²) in [6.07, 6.45) is 0. The van der Waals surface area contributed by atoms with Gasteiger partial charge in [-0.05, 0) is 56.3 Å². The van der Waals surface area contributed by atoms with Crippen LogP contribution in [0.1, 0.15) is 19.7 Å². The van der Waals surface area contributed by atoms with Crippen LogP contribution in [0.4, 0.5) is 10.1 Å². The lowest BCUT2D eigenvalue weighted by Gasteiger charge is -2.25. The number of hydrogen-bond donors (Lipinski definition) is 1. The van der Waals surface area contributed by atoms with Gasteiger partial charge in [0.05, 0.1) is 5.02 Å². The summed E-state index contributed by atoms with van der Waals surface area (Å²) >= 11 is 6.28. The second kappa shape index (κ2) is 6.37. The zero-order valence-electron chi connectivity index (χ0n) is 14.1. The monoisotopic (exact) mass is 360 g/mol. The highest BCUT2D eigenvalue weighted by atomic mass is 35.5. The van der Waals surface area contributed by atoms with Crippen LogP contribution in [-0.4, -0.2) is 14.8 Å². The van der Waals surface area contributed by atoms with E-state index in [1.165, 1.54) is 12.1 Å². The smallest absolute Gasteiger partial charge is 0.176 e. The SMILES string of the molecule is Cn1c(-c2ccc(N)cc2Cl)nnc1C(C)(C)Oc1ccc(F)cc1. The molecule has 7 heteroatoms. The van der Waals surface area contributed by atoms with Crippen LogP contribution >= 0.6 is 11.6 Å². The van der Waals surface area contributed by atoms with Crippen molar-refractivity contribution >= 4 is 17.3 Å². The quantitative estimate of drug-likeness (QED) is 0.709. The molecule has 5 nitrogen and oxygen atoms in total. The average Bonchev–Trinajstić information content (AvgIpc) is 2.92. The number of nitrogen functional groups attached to an aromatic ring is 1. The Hall–Kier alpha value is -2.60. The van der Waals surface area contributed by atoms with Crippen molar-refractivity contribution in [2.24, 2.45) is 7.05 Å². The van der Waals surface area contributed by atoms with E-state index < -0.39 is 5.60 Å². The molecule has 1 heterocycles. The number of halogens is 2. The maximum absolute atomic E-state index is 13.1. The Kier molecular flexibility index (Phi) is 4.39. The van der Waals surface area contributed by atoms with Crippen LogP contribution in [-0.2, 0) is 12.6 Å². The number of nitrogens with zero attached hydrogens (tertiary/aromatic N) is 3. The zero-order valence-corrected chi connectivity index (χ0v) is 14.9. The largest absolute Gasteiger partial charge is 0.480 e. The van der Waals surface area contributed by atoms with Gasteiger partial charge in [0.15, 0.2) is 17.2 Å². The van der Waals surface area contributed by atoms with Gasteiger partial charge in [0.2, 0.25) is 0 Å². The second-order valence-corrected chi connectivity index (χ2v) is 6.62. The highest BCUT2D eigenvalue weighted by Crippen LogP contribution is 2.32. The summed E-state index contributed by atoms with van der Waals surface area (Å²) in [6, 6.07) is 11.1. The minimum absolute atomic E-state index is 0.316. The molecule has 0 spiro atoms. The van der Waals surface area contributed by atoms with E-state index in [4.69, 9.17) is 22.1 Å². The van der Waals surface area contributed by atoms with Crippen LogP contribution in [0.5, 0.6) is 5.75 Å². The highest BCUT2D eigenvalue weighted by molar-refractivity contribution is 6.33. The standard InChI is InChI=1S/C18H18ClFN4O/c1-18(2,25-13-7-4-11(20)5-8-13)17-23-22-16(24(17)3)14-9-6-12(21)10-15(14)19/h4-10H,21H2,1-3H3. The van der Waals surface area contributed by atoms with E-state index in [0.717, 1.165) is 5.56 Å². The molecule has 0 atom stereocenters.